The minimum atomic E-state index is -2.00. The molecule has 2 aromatic rings. The van der Waals surface area contributed by atoms with Crippen LogP contribution in [-0.4, -0.2) is 34.0 Å². The summed E-state index contributed by atoms with van der Waals surface area (Å²) in [6.07, 6.45) is -0.881. The summed E-state index contributed by atoms with van der Waals surface area (Å²) in [6.45, 7) is 3.08. The second-order valence-corrected chi connectivity index (χ2v) is 8.79. The highest BCUT2D eigenvalue weighted by Crippen LogP contribution is 2.38. The summed E-state index contributed by atoms with van der Waals surface area (Å²) in [7, 11) is 0. The molecule has 1 aliphatic rings. The average Bonchev–Trinajstić information content (AvgIpc) is 2.68. The van der Waals surface area contributed by atoms with E-state index in [9.17, 15) is 4.39 Å². The standard InChI is InChI=1S/C20H20Cl3FN2O2/c1-13(14-5-3-2-4-6-14)26-11-12-27-18(28-19(25)20(21,22)23)17(26)15-7-9-16(24)10-8-15/h2-10,13,17-18,25H,11-12H2,1H3/t13-,17-,18?/m1/s1. The van der Waals surface area contributed by atoms with Crippen LogP contribution < -0.4 is 0 Å². The molecule has 0 radical (unpaired) electrons. The molecule has 0 bridgehead atoms. The maximum absolute atomic E-state index is 13.5. The van der Waals surface area contributed by atoms with E-state index in [0.717, 1.165) is 11.1 Å². The van der Waals surface area contributed by atoms with Crippen LogP contribution in [-0.2, 0) is 9.47 Å². The molecule has 8 heteroatoms. The highest BCUT2D eigenvalue weighted by Gasteiger charge is 2.41. The van der Waals surface area contributed by atoms with Gasteiger partial charge in [0.15, 0.2) is 0 Å². The summed E-state index contributed by atoms with van der Waals surface area (Å²) in [5, 5.41) is 7.92. The van der Waals surface area contributed by atoms with Gasteiger partial charge in [0.2, 0.25) is 12.2 Å². The Kier molecular flexibility index (Phi) is 6.84. The third-order valence-corrected chi connectivity index (χ3v) is 5.24. The molecule has 0 spiro atoms. The Morgan fingerprint density at radius 2 is 1.82 bits per heavy atom. The summed E-state index contributed by atoms with van der Waals surface area (Å²) in [5.41, 5.74) is 1.90. The maximum Gasteiger partial charge on any atom is 0.265 e. The minimum absolute atomic E-state index is 0.0215. The Morgan fingerprint density at radius 1 is 1.18 bits per heavy atom. The molecule has 1 heterocycles. The Balaban J connectivity index is 1.95. The number of hydrogen-bond acceptors (Lipinski definition) is 4. The van der Waals surface area contributed by atoms with Crippen molar-refractivity contribution in [1.29, 1.82) is 5.41 Å². The molecule has 4 nitrogen and oxygen atoms in total. The molecule has 1 aliphatic heterocycles. The number of rotatable bonds is 4. The van der Waals surface area contributed by atoms with Gasteiger partial charge in [-0.3, -0.25) is 10.3 Å². The van der Waals surface area contributed by atoms with Crippen LogP contribution in [0.15, 0.2) is 54.6 Å². The molecule has 1 fully saturated rings. The number of alkyl halides is 3. The van der Waals surface area contributed by atoms with Crippen molar-refractivity contribution in [3.63, 3.8) is 0 Å². The number of benzene rings is 2. The lowest BCUT2D eigenvalue weighted by Gasteiger charge is -2.44. The summed E-state index contributed by atoms with van der Waals surface area (Å²) >= 11 is 17.3. The average molecular weight is 446 g/mol. The van der Waals surface area contributed by atoms with Crippen molar-refractivity contribution in [2.24, 2.45) is 0 Å². The molecule has 1 saturated heterocycles. The Morgan fingerprint density at radius 3 is 2.43 bits per heavy atom. The van der Waals surface area contributed by atoms with Gasteiger partial charge in [0.05, 0.1) is 12.6 Å². The predicted molar refractivity (Wildman–Crippen MR) is 110 cm³/mol. The van der Waals surface area contributed by atoms with Crippen molar-refractivity contribution in [3.05, 3.63) is 71.5 Å². The lowest BCUT2D eigenvalue weighted by Crippen LogP contribution is -2.48. The fourth-order valence-corrected chi connectivity index (χ4v) is 3.44. The van der Waals surface area contributed by atoms with Crippen molar-refractivity contribution in [2.75, 3.05) is 13.2 Å². The van der Waals surface area contributed by atoms with Crippen molar-refractivity contribution < 1.29 is 13.9 Å². The van der Waals surface area contributed by atoms with Gasteiger partial charge < -0.3 is 9.47 Å². The fourth-order valence-electron chi connectivity index (χ4n) is 3.31. The number of halogens is 4. The molecular formula is C20H20Cl3FN2O2. The molecule has 1 N–H and O–H groups in total. The first-order chi connectivity index (χ1) is 13.3. The second kappa shape index (κ2) is 8.97. The zero-order chi connectivity index (χ0) is 20.3. The van der Waals surface area contributed by atoms with Gasteiger partial charge >= 0.3 is 0 Å². The minimum Gasteiger partial charge on any atom is -0.446 e. The van der Waals surface area contributed by atoms with Gasteiger partial charge in [-0.1, -0.05) is 77.3 Å². The molecule has 28 heavy (non-hydrogen) atoms. The lowest BCUT2D eigenvalue weighted by molar-refractivity contribution is -0.182. The molecule has 2 aromatic carbocycles. The Labute approximate surface area is 178 Å². The van der Waals surface area contributed by atoms with Crippen molar-refractivity contribution in [3.8, 4) is 0 Å². The molecule has 0 aromatic heterocycles. The van der Waals surface area contributed by atoms with Crippen LogP contribution >= 0.6 is 34.8 Å². The van der Waals surface area contributed by atoms with Crippen LogP contribution in [0.1, 0.15) is 30.1 Å². The zero-order valence-corrected chi connectivity index (χ0v) is 17.4. The lowest BCUT2D eigenvalue weighted by atomic mass is 9.98. The van der Waals surface area contributed by atoms with E-state index in [2.05, 4.69) is 11.8 Å². The van der Waals surface area contributed by atoms with Gasteiger partial charge in [-0.05, 0) is 30.2 Å². The molecule has 0 aliphatic carbocycles. The molecule has 3 atom stereocenters. The monoisotopic (exact) mass is 444 g/mol. The van der Waals surface area contributed by atoms with Gasteiger partial charge in [0, 0.05) is 12.6 Å². The normalized spacial score (nSPS) is 21.9. The molecular weight excluding hydrogens is 426 g/mol. The van der Waals surface area contributed by atoms with Gasteiger partial charge in [0.1, 0.15) is 5.82 Å². The van der Waals surface area contributed by atoms with Crippen LogP contribution in [0.4, 0.5) is 4.39 Å². The summed E-state index contributed by atoms with van der Waals surface area (Å²) in [5.74, 6) is -0.863. The van der Waals surface area contributed by atoms with Crippen LogP contribution in [0, 0.1) is 11.2 Å². The summed E-state index contributed by atoms with van der Waals surface area (Å²) in [4.78, 5) is 2.18. The quantitative estimate of drug-likeness (QED) is 0.376. The predicted octanol–water partition coefficient (Wildman–Crippen LogP) is 5.65. The number of nitrogens with one attached hydrogen (secondary N) is 1. The highest BCUT2D eigenvalue weighted by molar-refractivity contribution is 6.76. The van der Waals surface area contributed by atoms with E-state index in [1.54, 1.807) is 12.1 Å². The number of morpholine rings is 1. The topological polar surface area (TPSA) is 45.6 Å². The maximum atomic E-state index is 13.5. The van der Waals surface area contributed by atoms with E-state index in [4.69, 9.17) is 49.7 Å². The van der Waals surface area contributed by atoms with Crippen LogP contribution in [0.2, 0.25) is 0 Å². The van der Waals surface area contributed by atoms with Crippen LogP contribution in [0.3, 0.4) is 0 Å². The molecule has 0 saturated carbocycles. The van der Waals surface area contributed by atoms with E-state index in [0.29, 0.717) is 13.2 Å². The first-order valence-electron chi connectivity index (χ1n) is 8.77. The van der Waals surface area contributed by atoms with Gasteiger partial charge in [-0.15, -0.1) is 0 Å². The molecule has 150 valence electrons. The molecule has 3 rings (SSSR count). The van der Waals surface area contributed by atoms with E-state index in [1.807, 2.05) is 30.3 Å². The summed E-state index contributed by atoms with van der Waals surface area (Å²) in [6, 6.07) is 15.7. The largest absolute Gasteiger partial charge is 0.446 e. The van der Waals surface area contributed by atoms with E-state index < -0.39 is 22.0 Å². The second-order valence-electron chi connectivity index (χ2n) is 6.50. The third kappa shape index (κ3) is 4.97. The van der Waals surface area contributed by atoms with Crippen LogP contribution in [0.25, 0.3) is 0 Å². The first-order valence-corrected chi connectivity index (χ1v) is 9.91. The van der Waals surface area contributed by atoms with E-state index in [1.165, 1.54) is 12.1 Å². The summed E-state index contributed by atoms with van der Waals surface area (Å²) < 4.78 is 22.9. The van der Waals surface area contributed by atoms with Crippen molar-refractivity contribution in [1.82, 2.24) is 4.90 Å². The highest BCUT2D eigenvalue weighted by atomic mass is 35.6. The number of nitrogens with zero attached hydrogens (tertiary/aromatic N) is 1. The van der Waals surface area contributed by atoms with Gasteiger partial charge in [-0.2, -0.15) is 0 Å². The van der Waals surface area contributed by atoms with Crippen LogP contribution in [0.5, 0.6) is 0 Å². The molecule has 0 amide bonds. The third-order valence-electron chi connectivity index (χ3n) is 4.73. The SMILES string of the molecule is C[C@H](c1ccccc1)N1CCOC(OC(=N)C(Cl)(Cl)Cl)[C@H]1c1ccc(F)cc1. The van der Waals surface area contributed by atoms with Gasteiger partial charge in [-0.25, -0.2) is 4.39 Å². The van der Waals surface area contributed by atoms with E-state index in [-0.39, 0.29) is 11.9 Å². The number of hydrogen-bond donors (Lipinski definition) is 1. The Bertz CT molecular complexity index is 799. The van der Waals surface area contributed by atoms with Crippen molar-refractivity contribution in [2.45, 2.75) is 29.1 Å². The zero-order valence-electron chi connectivity index (χ0n) is 15.1. The van der Waals surface area contributed by atoms with E-state index >= 15 is 0 Å². The van der Waals surface area contributed by atoms with Crippen molar-refractivity contribution >= 4 is 40.7 Å². The smallest absolute Gasteiger partial charge is 0.265 e. The fraction of sp³-hybridized carbons (Fsp3) is 0.350. The molecule has 1 unspecified atom stereocenters. The Hall–Kier alpha value is -1.37. The first kappa shape index (κ1) is 21.3. The number of ether oxygens (including phenoxy) is 2. The van der Waals surface area contributed by atoms with Gasteiger partial charge in [0.25, 0.3) is 3.79 Å².